The molecule has 1 fully saturated rings. The van der Waals surface area contributed by atoms with E-state index >= 15 is 0 Å². The van der Waals surface area contributed by atoms with Crippen LogP contribution in [0, 0.1) is 0 Å². The number of aryl methyl sites for hydroxylation is 1. The van der Waals surface area contributed by atoms with Gasteiger partial charge in [0.15, 0.2) is 11.5 Å². The number of H-pyrrole nitrogens is 1. The maximum absolute atomic E-state index is 12.8. The van der Waals surface area contributed by atoms with E-state index in [1.165, 1.54) is 11.1 Å². The Labute approximate surface area is 166 Å². The molecule has 2 atom stereocenters. The molecule has 2 aromatic carbocycles. The number of likely N-dealkylation sites (tertiary alicyclic amines) is 1. The van der Waals surface area contributed by atoms with Gasteiger partial charge < -0.3 is 9.42 Å². The summed E-state index contributed by atoms with van der Waals surface area (Å²) in [5.74, 6) is 1.06. The standard InChI is InChI=1S/C22H19N5O2/c28-19-11-14(12-27(19)18-10-9-13-5-1-2-6-15(13)18)21-23-22(29-26-21)20-16-7-3-4-8-17(16)24-25-20/h1-8,14,18H,9-12H2,(H,24,25). The third-order valence-corrected chi connectivity index (χ3v) is 6.12. The SMILES string of the molecule is O=C1CC(c2noc(-c3n[nH]c4ccccc34)n2)CN1C1CCc2ccccc21. The number of fused-ring (bicyclic) bond motifs is 2. The molecule has 1 aliphatic carbocycles. The summed E-state index contributed by atoms with van der Waals surface area (Å²) in [6.07, 6.45) is 2.42. The lowest BCUT2D eigenvalue weighted by molar-refractivity contribution is -0.129. The van der Waals surface area contributed by atoms with E-state index in [0.717, 1.165) is 23.7 Å². The third kappa shape index (κ3) is 2.57. The molecule has 3 heterocycles. The van der Waals surface area contributed by atoms with Crippen LogP contribution in [-0.2, 0) is 11.2 Å². The Hall–Kier alpha value is -3.48. The van der Waals surface area contributed by atoms with Gasteiger partial charge in [-0.05, 0) is 30.0 Å². The number of rotatable bonds is 3. The maximum atomic E-state index is 12.8. The Balaban J connectivity index is 1.27. The van der Waals surface area contributed by atoms with E-state index in [0.29, 0.717) is 30.4 Å². The molecule has 0 spiro atoms. The van der Waals surface area contributed by atoms with E-state index < -0.39 is 0 Å². The molecule has 6 rings (SSSR count). The summed E-state index contributed by atoms with van der Waals surface area (Å²) in [5, 5.41) is 12.4. The first-order chi connectivity index (χ1) is 14.3. The molecule has 2 unspecified atom stereocenters. The van der Waals surface area contributed by atoms with Crippen molar-refractivity contribution in [3.63, 3.8) is 0 Å². The lowest BCUT2D eigenvalue weighted by atomic mass is 10.1. The molecular formula is C22H19N5O2. The number of carbonyl (C=O) groups is 1. The van der Waals surface area contributed by atoms with Crippen molar-refractivity contribution in [2.45, 2.75) is 31.2 Å². The van der Waals surface area contributed by atoms with Crippen LogP contribution in [0.4, 0.5) is 0 Å². The van der Waals surface area contributed by atoms with Crippen LogP contribution < -0.4 is 0 Å². The van der Waals surface area contributed by atoms with Crippen LogP contribution in [0.5, 0.6) is 0 Å². The normalized spacial score (nSPS) is 21.2. The van der Waals surface area contributed by atoms with Gasteiger partial charge in [-0.2, -0.15) is 10.1 Å². The van der Waals surface area contributed by atoms with Gasteiger partial charge in [0.1, 0.15) is 0 Å². The van der Waals surface area contributed by atoms with Crippen molar-refractivity contribution in [3.05, 3.63) is 65.5 Å². The Morgan fingerprint density at radius 3 is 2.93 bits per heavy atom. The number of amides is 1. The second kappa shape index (κ2) is 6.27. The summed E-state index contributed by atoms with van der Waals surface area (Å²) in [4.78, 5) is 19.4. The summed E-state index contributed by atoms with van der Waals surface area (Å²) in [5.41, 5.74) is 4.19. The fourth-order valence-electron chi connectivity index (χ4n) is 4.69. The second-order valence-corrected chi connectivity index (χ2v) is 7.78. The molecule has 0 saturated carbocycles. The van der Waals surface area contributed by atoms with Crippen LogP contribution in [0.15, 0.2) is 53.1 Å². The molecule has 2 aromatic heterocycles. The van der Waals surface area contributed by atoms with Gasteiger partial charge in [-0.15, -0.1) is 0 Å². The second-order valence-electron chi connectivity index (χ2n) is 7.78. The van der Waals surface area contributed by atoms with Crippen molar-refractivity contribution < 1.29 is 9.32 Å². The molecule has 0 radical (unpaired) electrons. The average molecular weight is 385 g/mol. The lowest BCUT2D eigenvalue weighted by Crippen LogP contribution is -2.28. The van der Waals surface area contributed by atoms with Crippen molar-refractivity contribution in [2.75, 3.05) is 6.54 Å². The number of hydrogen-bond acceptors (Lipinski definition) is 5. The van der Waals surface area contributed by atoms with Crippen molar-refractivity contribution in [1.82, 2.24) is 25.2 Å². The van der Waals surface area contributed by atoms with Crippen LogP contribution in [0.1, 0.15) is 41.8 Å². The van der Waals surface area contributed by atoms with Crippen molar-refractivity contribution >= 4 is 16.8 Å². The predicted molar refractivity (Wildman–Crippen MR) is 106 cm³/mol. The molecule has 0 bridgehead atoms. The molecule has 29 heavy (non-hydrogen) atoms. The van der Waals surface area contributed by atoms with Gasteiger partial charge in [0.25, 0.3) is 5.89 Å². The Morgan fingerprint density at radius 1 is 1.10 bits per heavy atom. The molecule has 2 aliphatic rings. The number of aromatic amines is 1. The van der Waals surface area contributed by atoms with Gasteiger partial charge >= 0.3 is 0 Å². The summed E-state index contributed by atoms with van der Waals surface area (Å²) in [7, 11) is 0. The Bertz CT molecular complexity index is 1230. The number of nitrogens with zero attached hydrogens (tertiary/aromatic N) is 4. The predicted octanol–water partition coefficient (Wildman–Crippen LogP) is 3.62. The highest BCUT2D eigenvalue weighted by Gasteiger charge is 2.40. The van der Waals surface area contributed by atoms with E-state index in [-0.39, 0.29) is 17.9 Å². The Kier molecular flexibility index (Phi) is 3.56. The minimum absolute atomic E-state index is 0.0574. The van der Waals surface area contributed by atoms with E-state index in [1.54, 1.807) is 0 Å². The number of aromatic nitrogens is 4. The number of hydrogen-bond donors (Lipinski definition) is 1. The fourth-order valence-corrected chi connectivity index (χ4v) is 4.69. The molecule has 1 aliphatic heterocycles. The van der Waals surface area contributed by atoms with Crippen LogP contribution in [0.25, 0.3) is 22.5 Å². The summed E-state index contributed by atoms with van der Waals surface area (Å²) in [6, 6.07) is 16.4. The van der Waals surface area contributed by atoms with Gasteiger partial charge in [-0.1, -0.05) is 47.6 Å². The van der Waals surface area contributed by atoms with E-state index in [9.17, 15) is 4.79 Å². The zero-order chi connectivity index (χ0) is 19.4. The highest BCUT2D eigenvalue weighted by atomic mass is 16.5. The summed E-state index contributed by atoms with van der Waals surface area (Å²) in [6.45, 7) is 0.623. The van der Waals surface area contributed by atoms with E-state index in [2.05, 4.69) is 44.6 Å². The van der Waals surface area contributed by atoms with Gasteiger partial charge in [-0.3, -0.25) is 9.89 Å². The van der Waals surface area contributed by atoms with E-state index in [4.69, 9.17) is 4.52 Å². The molecule has 4 aromatic rings. The van der Waals surface area contributed by atoms with Gasteiger partial charge in [0.2, 0.25) is 5.91 Å². The quantitative estimate of drug-likeness (QED) is 0.582. The van der Waals surface area contributed by atoms with Crippen molar-refractivity contribution in [1.29, 1.82) is 0 Å². The van der Waals surface area contributed by atoms with Crippen molar-refractivity contribution in [3.8, 4) is 11.6 Å². The monoisotopic (exact) mass is 385 g/mol. The highest BCUT2D eigenvalue weighted by molar-refractivity contribution is 5.90. The fraction of sp³-hybridized carbons (Fsp3) is 0.273. The molecular weight excluding hydrogens is 366 g/mol. The van der Waals surface area contributed by atoms with Crippen LogP contribution in [0.2, 0.25) is 0 Å². The maximum Gasteiger partial charge on any atom is 0.279 e. The largest absolute Gasteiger partial charge is 0.335 e. The smallest absolute Gasteiger partial charge is 0.279 e. The first kappa shape index (κ1) is 16.5. The van der Waals surface area contributed by atoms with Gasteiger partial charge in [-0.25, -0.2) is 0 Å². The molecule has 7 heteroatoms. The Morgan fingerprint density at radius 2 is 1.97 bits per heavy atom. The van der Waals surface area contributed by atoms with Crippen LogP contribution >= 0.6 is 0 Å². The number of para-hydroxylation sites is 1. The zero-order valence-electron chi connectivity index (χ0n) is 15.7. The molecule has 7 nitrogen and oxygen atoms in total. The van der Waals surface area contributed by atoms with Gasteiger partial charge in [0, 0.05) is 24.3 Å². The first-order valence-electron chi connectivity index (χ1n) is 9.92. The van der Waals surface area contributed by atoms with Crippen molar-refractivity contribution in [2.24, 2.45) is 0 Å². The summed E-state index contributed by atoms with van der Waals surface area (Å²) >= 11 is 0. The first-order valence-corrected chi connectivity index (χ1v) is 9.92. The minimum Gasteiger partial charge on any atom is -0.335 e. The molecule has 1 saturated heterocycles. The molecule has 144 valence electrons. The molecule has 1 amide bonds. The van der Waals surface area contributed by atoms with Crippen LogP contribution in [-0.4, -0.2) is 37.7 Å². The topological polar surface area (TPSA) is 87.9 Å². The summed E-state index contributed by atoms with van der Waals surface area (Å²) < 4.78 is 5.51. The number of nitrogens with one attached hydrogen (secondary N) is 1. The van der Waals surface area contributed by atoms with Gasteiger partial charge in [0.05, 0.1) is 11.6 Å². The average Bonchev–Trinajstić information content (AvgIpc) is 3.52. The minimum atomic E-state index is -0.0574. The molecule has 1 N–H and O–H groups in total. The third-order valence-electron chi connectivity index (χ3n) is 6.12. The lowest BCUT2D eigenvalue weighted by Gasteiger charge is -2.25. The van der Waals surface area contributed by atoms with Crippen LogP contribution in [0.3, 0.4) is 0 Å². The number of benzene rings is 2. The van der Waals surface area contributed by atoms with E-state index in [1.807, 2.05) is 29.2 Å². The number of carbonyl (C=O) groups excluding carboxylic acids is 1. The zero-order valence-corrected chi connectivity index (χ0v) is 15.7. The highest BCUT2D eigenvalue weighted by Crippen LogP contribution is 2.40.